The third-order valence-corrected chi connectivity index (χ3v) is 4.49. The summed E-state index contributed by atoms with van der Waals surface area (Å²) in [5.41, 5.74) is 2.71. The molecule has 3 nitrogen and oxygen atoms in total. The van der Waals surface area contributed by atoms with Gasteiger partial charge in [0.25, 0.3) is 0 Å². The molecule has 1 aromatic carbocycles. The highest BCUT2D eigenvalue weighted by Gasteiger charge is 2.41. The van der Waals surface area contributed by atoms with Gasteiger partial charge < -0.3 is 10.1 Å². The third kappa shape index (κ3) is 2.79. The number of ether oxygens (including phenoxy) is 1. The van der Waals surface area contributed by atoms with Crippen LogP contribution >= 0.6 is 0 Å². The molecule has 0 radical (unpaired) electrons. The molecule has 2 heterocycles. The minimum atomic E-state index is 0.0646. The van der Waals surface area contributed by atoms with Crippen molar-refractivity contribution in [2.45, 2.75) is 37.8 Å². The van der Waals surface area contributed by atoms with Gasteiger partial charge in [-0.1, -0.05) is 12.1 Å². The predicted octanol–water partition coefficient (Wildman–Crippen LogP) is 3.69. The number of benzene rings is 1. The third-order valence-electron chi connectivity index (χ3n) is 4.49. The maximum Gasteiger partial charge on any atom is 0.119 e. The monoisotopic (exact) mass is 282 g/mol. The number of rotatable bonds is 3. The van der Waals surface area contributed by atoms with Gasteiger partial charge in [-0.3, -0.25) is 4.98 Å². The zero-order valence-corrected chi connectivity index (χ0v) is 12.8. The first kappa shape index (κ1) is 14.1. The number of aromatic nitrogens is 1. The minimum Gasteiger partial charge on any atom is -0.497 e. The number of nitrogens with zero attached hydrogens (tertiary/aromatic N) is 1. The molecule has 1 aromatic heterocycles. The first-order valence-electron chi connectivity index (χ1n) is 7.42. The van der Waals surface area contributed by atoms with Gasteiger partial charge in [-0.25, -0.2) is 0 Å². The molecule has 21 heavy (non-hydrogen) atoms. The Morgan fingerprint density at radius 1 is 1.14 bits per heavy atom. The normalized spacial score (nSPS) is 24.0. The Hall–Kier alpha value is -1.87. The van der Waals surface area contributed by atoms with E-state index < -0.39 is 0 Å². The number of hydrogen-bond donors (Lipinski definition) is 1. The Balaban J connectivity index is 1.87. The quantitative estimate of drug-likeness (QED) is 0.932. The van der Waals surface area contributed by atoms with Crippen molar-refractivity contribution in [2.24, 2.45) is 0 Å². The van der Waals surface area contributed by atoms with Crippen molar-refractivity contribution >= 4 is 0 Å². The van der Waals surface area contributed by atoms with Crippen molar-refractivity contribution in [3.05, 3.63) is 59.9 Å². The molecule has 2 atom stereocenters. The van der Waals surface area contributed by atoms with Crippen molar-refractivity contribution in [2.75, 3.05) is 7.11 Å². The van der Waals surface area contributed by atoms with Crippen LogP contribution in [-0.2, 0) is 0 Å². The lowest BCUT2D eigenvalue weighted by molar-refractivity contribution is 0.395. The van der Waals surface area contributed by atoms with E-state index in [1.807, 2.05) is 18.5 Å². The highest BCUT2D eigenvalue weighted by Crippen LogP contribution is 2.43. The second kappa shape index (κ2) is 5.49. The topological polar surface area (TPSA) is 34.1 Å². The van der Waals surface area contributed by atoms with Crippen LogP contribution in [0.5, 0.6) is 5.75 Å². The van der Waals surface area contributed by atoms with E-state index in [0.29, 0.717) is 12.0 Å². The van der Waals surface area contributed by atoms with Crippen LogP contribution in [0.25, 0.3) is 0 Å². The van der Waals surface area contributed by atoms with Crippen molar-refractivity contribution in [1.82, 2.24) is 10.3 Å². The van der Waals surface area contributed by atoms with E-state index in [1.54, 1.807) is 7.11 Å². The average Bonchev–Trinajstić information content (AvgIpc) is 2.84. The molecule has 0 unspecified atom stereocenters. The van der Waals surface area contributed by atoms with Gasteiger partial charge in [0.05, 0.1) is 7.11 Å². The molecule has 110 valence electrons. The molecule has 3 heteroatoms. The summed E-state index contributed by atoms with van der Waals surface area (Å²) < 4.78 is 5.34. The summed E-state index contributed by atoms with van der Waals surface area (Å²) in [6, 6.07) is 13.0. The Labute approximate surface area is 126 Å². The van der Waals surface area contributed by atoms with Crippen LogP contribution in [0.2, 0.25) is 0 Å². The van der Waals surface area contributed by atoms with E-state index in [-0.39, 0.29) is 5.54 Å². The maximum atomic E-state index is 5.34. The van der Waals surface area contributed by atoms with Crippen LogP contribution in [0.1, 0.15) is 43.4 Å². The van der Waals surface area contributed by atoms with E-state index in [9.17, 15) is 0 Å². The van der Waals surface area contributed by atoms with Gasteiger partial charge in [0, 0.05) is 29.9 Å². The van der Waals surface area contributed by atoms with Crippen LogP contribution in [0, 0.1) is 0 Å². The molecule has 0 amide bonds. The summed E-state index contributed by atoms with van der Waals surface area (Å²) in [6.45, 7) is 4.55. The largest absolute Gasteiger partial charge is 0.497 e. The fourth-order valence-electron chi connectivity index (χ4n) is 3.37. The molecule has 2 aromatic rings. The molecule has 0 bridgehead atoms. The van der Waals surface area contributed by atoms with Gasteiger partial charge in [-0.2, -0.15) is 0 Å². The first-order valence-corrected chi connectivity index (χ1v) is 7.42. The van der Waals surface area contributed by atoms with Crippen LogP contribution in [-0.4, -0.2) is 17.6 Å². The maximum absolute atomic E-state index is 5.34. The van der Waals surface area contributed by atoms with Crippen LogP contribution in [0.3, 0.4) is 0 Å². The Morgan fingerprint density at radius 3 is 2.62 bits per heavy atom. The number of nitrogens with one attached hydrogen (secondary N) is 1. The van der Waals surface area contributed by atoms with E-state index in [4.69, 9.17) is 4.74 Å². The highest BCUT2D eigenvalue weighted by atomic mass is 16.5. The average molecular weight is 282 g/mol. The summed E-state index contributed by atoms with van der Waals surface area (Å²) in [5, 5.41) is 3.77. The molecular weight excluding hydrogens is 260 g/mol. The molecular formula is C18H22N2O. The van der Waals surface area contributed by atoms with Gasteiger partial charge in [-0.15, -0.1) is 0 Å². The summed E-state index contributed by atoms with van der Waals surface area (Å²) in [5.74, 6) is 1.40. The molecule has 1 aliphatic rings. The first-order chi connectivity index (χ1) is 10.1. The van der Waals surface area contributed by atoms with Crippen LogP contribution in [0.4, 0.5) is 0 Å². The van der Waals surface area contributed by atoms with E-state index >= 15 is 0 Å². The molecule has 1 N–H and O–H groups in total. The van der Waals surface area contributed by atoms with Crippen LogP contribution in [0.15, 0.2) is 48.8 Å². The summed E-state index contributed by atoms with van der Waals surface area (Å²) in [4.78, 5) is 4.13. The number of hydrogen-bond acceptors (Lipinski definition) is 3. The fourth-order valence-corrected chi connectivity index (χ4v) is 3.37. The lowest BCUT2D eigenvalue weighted by atomic mass is 9.83. The van der Waals surface area contributed by atoms with Crippen molar-refractivity contribution < 1.29 is 4.74 Å². The smallest absolute Gasteiger partial charge is 0.119 e. The van der Waals surface area contributed by atoms with Gasteiger partial charge in [-0.05, 0) is 55.7 Å². The zero-order chi connectivity index (χ0) is 14.9. The van der Waals surface area contributed by atoms with Crippen LogP contribution < -0.4 is 10.1 Å². The number of pyridine rings is 1. The van der Waals surface area contributed by atoms with E-state index in [2.05, 4.69) is 54.5 Å². The summed E-state index contributed by atoms with van der Waals surface area (Å²) in [6.07, 6.45) is 4.85. The Kier molecular flexibility index (Phi) is 3.68. The second-order valence-corrected chi connectivity index (χ2v) is 6.26. The molecule has 0 spiro atoms. The fraction of sp³-hybridized carbons (Fsp3) is 0.389. The van der Waals surface area contributed by atoms with Gasteiger partial charge in [0.15, 0.2) is 0 Å². The van der Waals surface area contributed by atoms with Crippen molar-refractivity contribution in [3.8, 4) is 5.75 Å². The highest BCUT2D eigenvalue weighted by molar-refractivity contribution is 5.34. The SMILES string of the molecule is COc1cccc([C@H]2C[C@@H](c3ccncc3)C(C)(C)N2)c1. The van der Waals surface area contributed by atoms with Gasteiger partial charge >= 0.3 is 0 Å². The molecule has 1 fully saturated rings. The van der Waals surface area contributed by atoms with E-state index in [1.165, 1.54) is 11.1 Å². The van der Waals surface area contributed by atoms with Gasteiger partial charge in [0.2, 0.25) is 0 Å². The minimum absolute atomic E-state index is 0.0646. The lowest BCUT2D eigenvalue weighted by Gasteiger charge is -2.27. The summed E-state index contributed by atoms with van der Waals surface area (Å²) in [7, 11) is 1.71. The predicted molar refractivity (Wildman–Crippen MR) is 84.5 cm³/mol. The van der Waals surface area contributed by atoms with Crippen molar-refractivity contribution in [1.29, 1.82) is 0 Å². The Bertz CT molecular complexity index is 610. The van der Waals surface area contributed by atoms with Crippen molar-refractivity contribution in [3.63, 3.8) is 0 Å². The molecule has 0 saturated carbocycles. The molecule has 1 saturated heterocycles. The zero-order valence-electron chi connectivity index (χ0n) is 12.8. The summed E-state index contributed by atoms with van der Waals surface area (Å²) >= 11 is 0. The number of methoxy groups -OCH3 is 1. The van der Waals surface area contributed by atoms with E-state index in [0.717, 1.165) is 12.2 Å². The molecule has 3 rings (SSSR count). The molecule has 0 aliphatic carbocycles. The molecule has 1 aliphatic heterocycles. The Morgan fingerprint density at radius 2 is 1.90 bits per heavy atom. The standard InChI is InChI=1S/C18H22N2O/c1-18(2)16(13-7-9-19-10-8-13)12-17(20-18)14-5-4-6-15(11-14)21-3/h4-11,16-17,20H,12H2,1-3H3/t16-,17+/m0/s1. The lowest BCUT2D eigenvalue weighted by Crippen LogP contribution is -2.37. The second-order valence-electron chi connectivity index (χ2n) is 6.26. The van der Waals surface area contributed by atoms with Gasteiger partial charge in [0.1, 0.15) is 5.75 Å².